The van der Waals surface area contributed by atoms with Crippen LogP contribution in [0.25, 0.3) is 22.0 Å². The van der Waals surface area contributed by atoms with Crippen molar-refractivity contribution >= 4 is 16.8 Å². The first-order valence-electron chi connectivity index (χ1n) is 13.6. The molecule has 1 heterocycles. The first kappa shape index (κ1) is 18.7. The number of hydrogen-bond acceptors (Lipinski definition) is 2. The monoisotopic (exact) mass is 471 g/mol. The van der Waals surface area contributed by atoms with Crippen LogP contribution in [0.5, 0.6) is 5.75 Å². The van der Waals surface area contributed by atoms with Crippen molar-refractivity contribution in [3.63, 3.8) is 0 Å². The molecular weight excluding hydrogens is 439 g/mol. The highest BCUT2D eigenvalue weighted by atomic mass is 19.1. The van der Waals surface area contributed by atoms with E-state index in [1.54, 1.807) is 30.3 Å². The Morgan fingerprint density at radius 1 is 1.11 bits per heavy atom. The molecule has 4 nitrogen and oxygen atoms in total. The minimum Gasteiger partial charge on any atom is -0.497 e. The van der Waals surface area contributed by atoms with Crippen LogP contribution in [-0.2, 0) is 6.54 Å². The van der Waals surface area contributed by atoms with Crippen molar-refractivity contribution in [3.05, 3.63) is 89.9 Å². The maximum atomic E-state index is 14.7. The predicted octanol–water partition coefficient (Wildman–Crippen LogP) is 6.57. The van der Waals surface area contributed by atoms with E-state index in [1.165, 1.54) is 25.3 Å². The SMILES string of the molecule is [2H]C([2H])([2H])Oc1cccc(-c2ccc(Cn3ccc4c(F)ccc(C(=O)NC5CC6(CCC6)C5)c43)cc2)c1. The van der Waals surface area contributed by atoms with Crippen molar-refractivity contribution in [2.45, 2.75) is 44.7 Å². The molecule has 178 valence electrons. The van der Waals surface area contributed by atoms with Crippen molar-refractivity contribution in [1.29, 1.82) is 0 Å². The van der Waals surface area contributed by atoms with Crippen LogP contribution in [0.2, 0.25) is 0 Å². The molecule has 5 heteroatoms. The highest BCUT2D eigenvalue weighted by Gasteiger charge is 2.48. The largest absolute Gasteiger partial charge is 0.497 e. The molecule has 2 aliphatic rings. The average Bonchev–Trinajstić information content (AvgIpc) is 3.24. The number of halogens is 1. The maximum absolute atomic E-state index is 14.7. The van der Waals surface area contributed by atoms with Gasteiger partial charge >= 0.3 is 0 Å². The van der Waals surface area contributed by atoms with Crippen LogP contribution in [0, 0.1) is 11.2 Å². The number of aromatic nitrogens is 1. The third-order valence-corrected chi connectivity index (χ3v) is 7.82. The van der Waals surface area contributed by atoms with Gasteiger partial charge < -0.3 is 14.6 Å². The molecule has 0 saturated heterocycles. The Hall–Kier alpha value is -3.60. The summed E-state index contributed by atoms with van der Waals surface area (Å²) in [5.41, 5.74) is 4.29. The van der Waals surface area contributed by atoms with Crippen molar-refractivity contribution in [3.8, 4) is 16.9 Å². The number of rotatable bonds is 6. The Kier molecular flexibility index (Phi) is 4.57. The quantitative estimate of drug-likeness (QED) is 0.346. The van der Waals surface area contributed by atoms with Gasteiger partial charge in [0.15, 0.2) is 0 Å². The second kappa shape index (κ2) is 8.56. The molecule has 3 aromatic carbocycles. The molecule has 1 amide bonds. The number of methoxy groups -OCH3 is 1. The molecule has 2 saturated carbocycles. The van der Waals surface area contributed by atoms with Crippen LogP contribution in [-0.4, -0.2) is 23.6 Å². The van der Waals surface area contributed by atoms with Crippen molar-refractivity contribution < 1.29 is 18.0 Å². The van der Waals surface area contributed by atoms with Gasteiger partial charge in [0.2, 0.25) is 0 Å². The third kappa shape index (κ3) is 3.99. The van der Waals surface area contributed by atoms with E-state index in [1.807, 2.05) is 41.1 Å². The van der Waals surface area contributed by atoms with Gasteiger partial charge in [-0.3, -0.25) is 4.79 Å². The van der Waals surface area contributed by atoms with Gasteiger partial charge in [-0.1, -0.05) is 42.8 Å². The molecular formula is C30H29FN2O2. The van der Waals surface area contributed by atoms with Gasteiger partial charge in [-0.15, -0.1) is 0 Å². The van der Waals surface area contributed by atoms with E-state index in [0.29, 0.717) is 28.4 Å². The van der Waals surface area contributed by atoms with E-state index in [9.17, 15) is 9.18 Å². The van der Waals surface area contributed by atoms with Gasteiger partial charge in [-0.25, -0.2) is 4.39 Å². The lowest BCUT2D eigenvalue weighted by molar-refractivity contribution is -0.000603. The number of nitrogens with zero attached hydrogens (tertiary/aromatic N) is 1. The normalized spacial score (nSPS) is 18.3. The van der Waals surface area contributed by atoms with E-state index in [0.717, 1.165) is 29.5 Å². The summed E-state index contributed by atoms with van der Waals surface area (Å²) in [5.74, 6) is -0.214. The summed E-state index contributed by atoms with van der Waals surface area (Å²) in [6.45, 7) is 0.474. The number of ether oxygens (including phenoxy) is 1. The molecule has 0 atom stereocenters. The average molecular weight is 472 g/mol. The second-order valence-corrected chi connectivity index (χ2v) is 10.1. The zero-order valence-corrected chi connectivity index (χ0v) is 19.4. The number of carbonyl (C=O) groups is 1. The van der Waals surface area contributed by atoms with Gasteiger partial charge in [0, 0.05) is 24.2 Å². The summed E-state index contributed by atoms with van der Waals surface area (Å²) in [7, 11) is -2.51. The lowest BCUT2D eigenvalue weighted by atomic mass is 9.54. The number of amides is 1. The highest BCUT2D eigenvalue weighted by molar-refractivity contribution is 6.06. The minimum absolute atomic E-state index is 0.149. The summed E-state index contributed by atoms with van der Waals surface area (Å²) < 4.78 is 43.5. The molecule has 1 aromatic heterocycles. The number of nitrogens with one attached hydrogen (secondary N) is 1. The molecule has 1 N–H and O–H groups in total. The molecule has 0 radical (unpaired) electrons. The van der Waals surface area contributed by atoms with Crippen LogP contribution in [0.1, 0.15) is 52.1 Å². The van der Waals surface area contributed by atoms with Gasteiger partial charge in [0.25, 0.3) is 5.91 Å². The summed E-state index contributed by atoms with van der Waals surface area (Å²) in [6.07, 6.45) is 7.73. The molecule has 1 spiro atoms. The fourth-order valence-electron chi connectivity index (χ4n) is 5.78. The van der Waals surface area contributed by atoms with Crippen LogP contribution in [0.4, 0.5) is 4.39 Å². The molecule has 0 bridgehead atoms. The first-order valence-corrected chi connectivity index (χ1v) is 12.1. The van der Waals surface area contributed by atoms with Gasteiger partial charge in [-0.2, -0.15) is 0 Å². The molecule has 35 heavy (non-hydrogen) atoms. The number of fused-ring (bicyclic) bond motifs is 1. The van der Waals surface area contributed by atoms with Crippen molar-refractivity contribution in [2.75, 3.05) is 7.04 Å². The smallest absolute Gasteiger partial charge is 0.253 e. The Labute approximate surface area is 208 Å². The van der Waals surface area contributed by atoms with E-state index >= 15 is 0 Å². The maximum Gasteiger partial charge on any atom is 0.253 e. The third-order valence-electron chi connectivity index (χ3n) is 7.82. The molecule has 6 rings (SSSR count). The summed E-state index contributed by atoms with van der Waals surface area (Å²) >= 11 is 0. The summed E-state index contributed by atoms with van der Waals surface area (Å²) in [5, 5.41) is 3.61. The van der Waals surface area contributed by atoms with E-state index in [-0.39, 0.29) is 23.5 Å². The van der Waals surface area contributed by atoms with Gasteiger partial charge in [-0.05, 0) is 78.1 Å². The van der Waals surface area contributed by atoms with Crippen molar-refractivity contribution in [1.82, 2.24) is 9.88 Å². The lowest BCUT2D eigenvalue weighted by Gasteiger charge is -2.54. The summed E-state index contributed by atoms with van der Waals surface area (Å²) in [6, 6.07) is 19.7. The lowest BCUT2D eigenvalue weighted by Crippen LogP contribution is -2.53. The first-order chi connectivity index (χ1) is 18.2. The van der Waals surface area contributed by atoms with Crippen LogP contribution in [0.3, 0.4) is 0 Å². The zero-order chi connectivity index (χ0) is 26.5. The number of benzene rings is 3. The van der Waals surface area contributed by atoms with E-state index in [2.05, 4.69) is 5.32 Å². The molecule has 0 aliphatic heterocycles. The van der Waals surface area contributed by atoms with Crippen LogP contribution in [0.15, 0.2) is 72.9 Å². The Morgan fingerprint density at radius 2 is 1.94 bits per heavy atom. The molecule has 4 aromatic rings. The fraction of sp³-hybridized carbons (Fsp3) is 0.300. The fourth-order valence-corrected chi connectivity index (χ4v) is 5.78. The summed E-state index contributed by atoms with van der Waals surface area (Å²) in [4.78, 5) is 13.2. The number of carbonyl (C=O) groups excluding carboxylic acids is 1. The Bertz CT molecular complexity index is 1500. The van der Waals surface area contributed by atoms with Gasteiger partial charge in [0.05, 0.1) is 22.2 Å². The molecule has 2 fully saturated rings. The van der Waals surface area contributed by atoms with Gasteiger partial charge in [0.1, 0.15) is 11.6 Å². The predicted molar refractivity (Wildman–Crippen MR) is 136 cm³/mol. The van der Waals surface area contributed by atoms with Crippen molar-refractivity contribution in [2.24, 2.45) is 5.41 Å². The zero-order valence-electron chi connectivity index (χ0n) is 22.4. The standard InChI is InChI=1S/C30H29FN2O2/c1-35-24-5-2-4-22(16-24)21-8-6-20(7-9-21)19-33-15-12-25-27(31)11-10-26(28(25)33)29(34)32-23-17-30(18-23)13-3-14-30/h2,4-12,15-16,23H,3,13-14,17-19H2,1H3,(H,32,34)/i1D3. The highest BCUT2D eigenvalue weighted by Crippen LogP contribution is 2.55. The van der Waals surface area contributed by atoms with E-state index in [4.69, 9.17) is 8.85 Å². The Balaban J connectivity index is 1.21. The number of hydrogen-bond donors (Lipinski definition) is 1. The van der Waals surface area contributed by atoms with Crippen LogP contribution < -0.4 is 10.1 Å². The Morgan fingerprint density at radius 3 is 2.69 bits per heavy atom. The topological polar surface area (TPSA) is 43.3 Å². The van der Waals surface area contributed by atoms with Crippen LogP contribution >= 0.6 is 0 Å². The molecule has 2 aliphatic carbocycles. The second-order valence-electron chi connectivity index (χ2n) is 10.1. The van der Waals surface area contributed by atoms with E-state index < -0.39 is 7.04 Å². The minimum atomic E-state index is -2.51. The molecule has 0 unspecified atom stereocenters.